The van der Waals surface area contributed by atoms with Crippen LogP contribution in [0.2, 0.25) is 5.02 Å². The molecule has 1 amide bonds. The van der Waals surface area contributed by atoms with Crippen molar-refractivity contribution < 1.29 is 9.53 Å². The minimum atomic E-state index is -0.0843. The van der Waals surface area contributed by atoms with Crippen LogP contribution in [0.5, 0.6) is 5.75 Å². The van der Waals surface area contributed by atoms with E-state index in [4.69, 9.17) is 16.3 Å². The lowest BCUT2D eigenvalue weighted by Crippen LogP contribution is -2.28. The predicted molar refractivity (Wildman–Crippen MR) is 89.9 cm³/mol. The van der Waals surface area contributed by atoms with Gasteiger partial charge in [0.2, 0.25) is 0 Å². The molecule has 0 aliphatic carbocycles. The summed E-state index contributed by atoms with van der Waals surface area (Å²) in [6, 6.07) is 11.2. The van der Waals surface area contributed by atoms with Crippen molar-refractivity contribution in [3.8, 4) is 5.75 Å². The van der Waals surface area contributed by atoms with E-state index in [9.17, 15) is 4.79 Å². The highest BCUT2D eigenvalue weighted by molar-refractivity contribution is 6.31. The summed E-state index contributed by atoms with van der Waals surface area (Å²) in [7, 11) is 0. The fraction of sp³-hybridized carbons (Fsp3) is 0.278. The van der Waals surface area contributed by atoms with E-state index in [0.29, 0.717) is 18.7 Å². The van der Waals surface area contributed by atoms with E-state index in [0.717, 1.165) is 21.9 Å². The number of carbonyl (C=O) groups excluding carboxylic acids is 1. The number of aryl methyl sites for hydroxylation is 3. The van der Waals surface area contributed by atoms with Crippen LogP contribution in [0.3, 0.4) is 0 Å². The number of halogens is 1. The summed E-state index contributed by atoms with van der Waals surface area (Å²) in [5.74, 6) is 0.668. The number of hydrogen-bond acceptors (Lipinski definition) is 2. The largest absolute Gasteiger partial charge is 0.492 e. The average molecular weight is 318 g/mol. The Hall–Kier alpha value is -2.00. The molecule has 2 aromatic carbocycles. The lowest BCUT2D eigenvalue weighted by Gasteiger charge is -2.09. The van der Waals surface area contributed by atoms with Crippen molar-refractivity contribution in [1.29, 1.82) is 0 Å². The molecule has 116 valence electrons. The molecule has 0 saturated heterocycles. The molecule has 3 nitrogen and oxygen atoms in total. The zero-order valence-corrected chi connectivity index (χ0v) is 13.8. The molecule has 0 aromatic heterocycles. The number of nitrogens with one attached hydrogen (secondary N) is 1. The van der Waals surface area contributed by atoms with E-state index in [1.165, 1.54) is 5.56 Å². The molecule has 0 atom stereocenters. The van der Waals surface area contributed by atoms with Crippen LogP contribution in [0.4, 0.5) is 0 Å². The van der Waals surface area contributed by atoms with Crippen LogP contribution < -0.4 is 10.1 Å². The van der Waals surface area contributed by atoms with Gasteiger partial charge >= 0.3 is 0 Å². The van der Waals surface area contributed by atoms with Gasteiger partial charge in [-0.2, -0.15) is 0 Å². The van der Waals surface area contributed by atoms with Gasteiger partial charge in [-0.1, -0.05) is 17.7 Å². The predicted octanol–water partition coefficient (Wildman–Crippen LogP) is 4.07. The Kier molecular flexibility index (Phi) is 5.45. The van der Waals surface area contributed by atoms with Crippen molar-refractivity contribution in [1.82, 2.24) is 5.32 Å². The third-order valence-corrected chi connectivity index (χ3v) is 3.98. The number of amides is 1. The van der Waals surface area contributed by atoms with Crippen molar-refractivity contribution in [3.63, 3.8) is 0 Å². The molecule has 0 radical (unpaired) electrons. The molecule has 0 spiro atoms. The molecule has 0 aliphatic rings. The highest BCUT2D eigenvalue weighted by atomic mass is 35.5. The van der Waals surface area contributed by atoms with Gasteiger partial charge in [0.25, 0.3) is 5.91 Å². The summed E-state index contributed by atoms with van der Waals surface area (Å²) in [4.78, 5) is 12.0. The van der Waals surface area contributed by atoms with Crippen molar-refractivity contribution >= 4 is 17.5 Å². The first-order valence-corrected chi connectivity index (χ1v) is 7.59. The van der Waals surface area contributed by atoms with Gasteiger partial charge in [-0.05, 0) is 67.8 Å². The maximum Gasteiger partial charge on any atom is 0.251 e. The molecule has 0 aliphatic heterocycles. The molecule has 0 saturated carbocycles. The average Bonchev–Trinajstić information content (AvgIpc) is 2.49. The molecule has 0 bridgehead atoms. The van der Waals surface area contributed by atoms with E-state index in [1.54, 1.807) is 6.07 Å². The maximum absolute atomic E-state index is 12.0. The second kappa shape index (κ2) is 7.32. The van der Waals surface area contributed by atoms with E-state index in [1.807, 2.05) is 51.1 Å². The normalized spacial score (nSPS) is 10.4. The van der Waals surface area contributed by atoms with Gasteiger partial charge in [0.1, 0.15) is 12.4 Å². The SMILES string of the molecule is Cc1ccc(C(=O)NCCOc2ccc(Cl)c(C)c2)cc1C. The van der Waals surface area contributed by atoms with Crippen LogP contribution >= 0.6 is 11.6 Å². The molecule has 2 aromatic rings. The third kappa shape index (κ3) is 4.25. The maximum atomic E-state index is 12.0. The van der Waals surface area contributed by atoms with Crippen molar-refractivity contribution in [2.45, 2.75) is 20.8 Å². The quantitative estimate of drug-likeness (QED) is 0.844. The Morgan fingerprint density at radius 2 is 1.82 bits per heavy atom. The highest BCUT2D eigenvalue weighted by Gasteiger charge is 2.06. The van der Waals surface area contributed by atoms with Crippen LogP contribution in [0, 0.1) is 20.8 Å². The first-order valence-electron chi connectivity index (χ1n) is 7.22. The Bertz CT molecular complexity index is 683. The fourth-order valence-electron chi connectivity index (χ4n) is 2.03. The Morgan fingerprint density at radius 1 is 1.05 bits per heavy atom. The van der Waals surface area contributed by atoms with E-state index >= 15 is 0 Å². The summed E-state index contributed by atoms with van der Waals surface area (Å²) in [6.45, 7) is 6.82. The zero-order valence-electron chi connectivity index (χ0n) is 13.1. The van der Waals surface area contributed by atoms with E-state index < -0.39 is 0 Å². The fourth-order valence-corrected chi connectivity index (χ4v) is 2.14. The monoisotopic (exact) mass is 317 g/mol. The second-order valence-electron chi connectivity index (χ2n) is 5.31. The first-order chi connectivity index (χ1) is 10.5. The Balaban J connectivity index is 1.81. The highest BCUT2D eigenvalue weighted by Crippen LogP contribution is 2.20. The molecule has 22 heavy (non-hydrogen) atoms. The van der Waals surface area contributed by atoms with Gasteiger partial charge in [0, 0.05) is 10.6 Å². The zero-order chi connectivity index (χ0) is 16.1. The second-order valence-corrected chi connectivity index (χ2v) is 5.72. The van der Waals surface area contributed by atoms with Gasteiger partial charge in [-0.3, -0.25) is 4.79 Å². The van der Waals surface area contributed by atoms with Gasteiger partial charge < -0.3 is 10.1 Å². The van der Waals surface area contributed by atoms with Crippen LogP contribution in [-0.4, -0.2) is 19.1 Å². The number of rotatable bonds is 5. The number of ether oxygens (including phenoxy) is 1. The molecule has 4 heteroatoms. The summed E-state index contributed by atoms with van der Waals surface area (Å²) >= 11 is 5.96. The summed E-state index contributed by atoms with van der Waals surface area (Å²) in [5.41, 5.74) is 3.93. The topological polar surface area (TPSA) is 38.3 Å². The van der Waals surface area contributed by atoms with Crippen molar-refractivity contribution in [2.24, 2.45) is 0 Å². The van der Waals surface area contributed by atoms with Gasteiger partial charge in [0.15, 0.2) is 0 Å². The van der Waals surface area contributed by atoms with Crippen molar-refractivity contribution in [3.05, 3.63) is 63.7 Å². The van der Waals surface area contributed by atoms with E-state index in [-0.39, 0.29) is 5.91 Å². The molecule has 0 unspecified atom stereocenters. The van der Waals surface area contributed by atoms with Crippen LogP contribution in [-0.2, 0) is 0 Å². The van der Waals surface area contributed by atoms with Crippen molar-refractivity contribution in [2.75, 3.05) is 13.2 Å². The molecule has 1 N–H and O–H groups in total. The lowest BCUT2D eigenvalue weighted by molar-refractivity contribution is 0.0947. The number of carbonyl (C=O) groups is 1. The van der Waals surface area contributed by atoms with E-state index in [2.05, 4.69) is 5.32 Å². The van der Waals surface area contributed by atoms with Crippen LogP contribution in [0.15, 0.2) is 36.4 Å². The van der Waals surface area contributed by atoms with Crippen LogP contribution in [0.25, 0.3) is 0 Å². The summed E-state index contributed by atoms with van der Waals surface area (Å²) in [5, 5.41) is 3.57. The molecular formula is C18H20ClNO2. The molecule has 0 fully saturated rings. The van der Waals surface area contributed by atoms with Gasteiger partial charge in [-0.15, -0.1) is 0 Å². The number of benzene rings is 2. The van der Waals surface area contributed by atoms with Gasteiger partial charge in [-0.25, -0.2) is 0 Å². The Labute approximate surface area is 136 Å². The first kappa shape index (κ1) is 16.4. The third-order valence-electron chi connectivity index (χ3n) is 3.55. The minimum Gasteiger partial charge on any atom is -0.492 e. The lowest BCUT2D eigenvalue weighted by atomic mass is 10.1. The van der Waals surface area contributed by atoms with Gasteiger partial charge in [0.05, 0.1) is 6.54 Å². The molecule has 2 rings (SSSR count). The smallest absolute Gasteiger partial charge is 0.251 e. The molecular weight excluding hydrogens is 298 g/mol. The van der Waals surface area contributed by atoms with Crippen LogP contribution in [0.1, 0.15) is 27.0 Å². The summed E-state index contributed by atoms with van der Waals surface area (Å²) < 4.78 is 5.60. The Morgan fingerprint density at radius 3 is 2.50 bits per heavy atom. The molecule has 0 heterocycles. The minimum absolute atomic E-state index is 0.0843. The number of hydrogen-bond donors (Lipinski definition) is 1. The standard InChI is InChI=1S/C18H20ClNO2/c1-12-4-5-15(10-13(12)2)18(21)20-8-9-22-16-6-7-17(19)14(3)11-16/h4-7,10-11H,8-9H2,1-3H3,(H,20,21). The summed E-state index contributed by atoms with van der Waals surface area (Å²) in [6.07, 6.45) is 0.